The van der Waals surface area contributed by atoms with E-state index in [9.17, 15) is 44.9 Å². The van der Waals surface area contributed by atoms with Gasteiger partial charge in [0.05, 0.1) is 18.8 Å². The van der Waals surface area contributed by atoms with Crippen molar-refractivity contribution in [2.45, 2.75) is 191 Å². The molecule has 1 fully saturated rings. The number of carbonyl (C=O) groups excluding carboxylic acids is 1. The highest BCUT2D eigenvalue weighted by atomic mass is 31.2. The SMILES string of the molecule is CCCCCCCCCCCCC[C@@H](O)[C@H](COP(=O)(O)OC1C(O)C(O)C(O)[C@@H](O)C1O)NC(=O)CCCCCCCCC. The fourth-order valence-electron chi connectivity index (χ4n) is 5.67. The lowest BCUT2D eigenvalue weighted by molar-refractivity contribution is -0.220. The van der Waals surface area contributed by atoms with E-state index in [0.29, 0.717) is 19.3 Å². The topological polar surface area (TPSA) is 206 Å². The van der Waals surface area contributed by atoms with Gasteiger partial charge in [-0.25, -0.2) is 4.57 Å². The molecular formula is C32H64NO11P. The molecule has 8 N–H and O–H groups in total. The van der Waals surface area contributed by atoms with Crippen molar-refractivity contribution in [1.29, 1.82) is 0 Å². The van der Waals surface area contributed by atoms with E-state index in [1.54, 1.807) is 0 Å². The van der Waals surface area contributed by atoms with Crippen LogP contribution in [0.15, 0.2) is 0 Å². The fraction of sp³-hybridized carbons (Fsp3) is 0.969. The molecule has 0 heterocycles. The second-order valence-corrected chi connectivity index (χ2v) is 14.1. The Hall–Kier alpha value is -0.660. The van der Waals surface area contributed by atoms with Crippen LogP contribution in [0, 0.1) is 0 Å². The maximum Gasteiger partial charge on any atom is 0.472 e. The molecule has 0 saturated heterocycles. The lowest BCUT2D eigenvalue weighted by atomic mass is 9.85. The molecule has 1 amide bonds. The molecule has 0 bridgehead atoms. The van der Waals surface area contributed by atoms with Crippen molar-refractivity contribution in [3.63, 3.8) is 0 Å². The molecule has 1 rings (SSSR count). The summed E-state index contributed by atoms with van der Waals surface area (Å²) in [6.45, 7) is 3.77. The molecule has 1 saturated carbocycles. The molecule has 0 radical (unpaired) electrons. The number of carbonyl (C=O) groups is 1. The Bertz CT molecular complexity index is 791. The van der Waals surface area contributed by atoms with Gasteiger partial charge in [-0.05, 0) is 12.8 Å². The van der Waals surface area contributed by atoms with Gasteiger partial charge in [-0.3, -0.25) is 13.8 Å². The van der Waals surface area contributed by atoms with E-state index >= 15 is 0 Å². The van der Waals surface area contributed by atoms with Crippen molar-refractivity contribution < 1.29 is 53.9 Å². The third kappa shape index (κ3) is 17.9. The lowest BCUT2D eigenvalue weighted by Gasteiger charge is -2.41. The largest absolute Gasteiger partial charge is 0.472 e. The molecule has 12 nitrogen and oxygen atoms in total. The lowest BCUT2D eigenvalue weighted by Crippen LogP contribution is -2.64. The molecule has 1 aliphatic rings. The smallest absolute Gasteiger partial charge is 0.391 e. The van der Waals surface area contributed by atoms with Crippen molar-refractivity contribution in [2.75, 3.05) is 6.61 Å². The number of aliphatic hydroxyl groups excluding tert-OH is 6. The van der Waals surface area contributed by atoms with Crippen molar-refractivity contribution in [1.82, 2.24) is 5.32 Å². The first-order chi connectivity index (χ1) is 21.4. The van der Waals surface area contributed by atoms with Gasteiger partial charge in [0.15, 0.2) is 0 Å². The monoisotopic (exact) mass is 669 g/mol. The molecule has 0 aromatic carbocycles. The molecular weight excluding hydrogens is 605 g/mol. The minimum Gasteiger partial charge on any atom is -0.391 e. The van der Waals surface area contributed by atoms with E-state index in [2.05, 4.69) is 19.2 Å². The first-order valence-corrected chi connectivity index (χ1v) is 19.0. The molecule has 0 aromatic heterocycles. The molecule has 268 valence electrons. The van der Waals surface area contributed by atoms with Gasteiger partial charge < -0.3 is 40.8 Å². The minimum absolute atomic E-state index is 0.237. The van der Waals surface area contributed by atoms with Crippen LogP contribution in [0.4, 0.5) is 0 Å². The predicted molar refractivity (Wildman–Crippen MR) is 172 cm³/mol. The van der Waals surface area contributed by atoms with Gasteiger partial charge in [0.2, 0.25) is 5.91 Å². The van der Waals surface area contributed by atoms with Gasteiger partial charge in [0.1, 0.15) is 36.6 Å². The van der Waals surface area contributed by atoms with Gasteiger partial charge in [-0.15, -0.1) is 0 Å². The van der Waals surface area contributed by atoms with Crippen LogP contribution < -0.4 is 5.32 Å². The maximum atomic E-state index is 12.7. The molecule has 45 heavy (non-hydrogen) atoms. The Morgan fingerprint density at radius 1 is 0.667 bits per heavy atom. The second kappa shape index (κ2) is 24.5. The average molecular weight is 670 g/mol. The Labute approximate surface area is 270 Å². The van der Waals surface area contributed by atoms with Crippen molar-refractivity contribution in [2.24, 2.45) is 0 Å². The van der Waals surface area contributed by atoms with Crippen LogP contribution in [0.2, 0.25) is 0 Å². The minimum atomic E-state index is -5.03. The quantitative estimate of drug-likeness (QED) is 0.0464. The number of nitrogens with one attached hydrogen (secondary N) is 1. The molecule has 0 aromatic rings. The predicted octanol–water partition coefficient (Wildman–Crippen LogP) is 3.99. The zero-order valence-electron chi connectivity index (χ0n) is 27.7. The third-order valence-electron chi connectivity index (χ3n) is 8.67. The second-order valence-electron chi connectivity index (χ2n) is 12.7. The number of phosphoric ester groups is 1. The van der Waals surface area contributed by atoms with Crippen LogP contribution in [0.3, 0.4) is 0 Å². The first kappa shape index (κ1) is 42.4. The standard InChI is InChI=1S/C32H64NO11P/c1-3-5-7-9-11-12-13-14-16-17-19-21-25(34)24(33-26(35)22-20-18-15-10-8-6-4-2)23-43-45(41,42)44-32-30(39)28(37)27(36)29(38)31(32)40/h24-25,27-32,34,36-40H,3-23H2,1-2H3,(H,33,35)(H,41,42)/t24-,25+,27?,28+,29?,30?,31?,32?/m0/s1. The number of phosphoric acid groups is 1. The Balaban J connectivity index is 2.62. The van der Waals surface area contributed by atoms with Crippen LogP contribution in [0.5, 0.6) is 0 Å². The van der Waals surface area contributed by atoms with Crippen molar-refractivity contribution >= 4 is 13.7 Å². The van der Waals surface area contributed by atoms with Gasteiger partial charge in [-0.1, -0.05) is 123 Å². The van der Waals surface area contributed by atoms with Crippen molar-refractivity contribution in [3.8, 4) is 0 Å². The summed E-state index contributed by atoms with van der Waals surface area (Å²) in [5.74, 6) is -0.317. The van der Waals surface area contributed by atoms with Gasteiger partial charge in [0.25, 0.3) is 0 Å². The van der Waals surface area contributed by atoms with Crippen LogP contribution >= 0.6 is 7.82 Å². The highest BCUT2D eigenvalue weighted by Crippen LogP contribution is 2.47. The maximum absolute atomic E-state index is 12.7. The molecule has 0 aliphatic heterocycles. The molecule has 9 atom stereocenters. The summed E-state index contributed by atoms with van der Waals surface area (Å²) in [6.07, 6.45) is 7.61. The van der Waals surface area contributed by atoms with Gasteiger partial charge >= 0.3 is 7.82 Å². The Morgan fingerprint density at radius 3 is 1.53 bits per heavy atom. The summed E-state index contributed by atoms with van der Waals surface area (Å²) in [5.41, 5.74) is 0. The third-order valence-corrected chi connectivity index (χ3v) is 9.65. The molecule has 6 unspecified atom stereocenters. The summed E-state index contributed by atoms with van der Waals surface area (Å²) in [7, 11) is -5.03. The zero-order chi connectivity index (χ0) is 33.7. The van der Waals surface area contributed by atoms with E-state index in [4.69, 9.17) is 9.05 Å². The molecule has 0 spiro atoms. The number of amides is 1. The number of rotatable bonds is 27. The number of unbranched alkanes of at least 4 members (excludes halogenated alkanes) is 16. The Kier molecular flexibility index (Phi) is 23.0. The Morgan fingerprint density at radius 2 is 1.07 bits per heavy atom. The summed E-state index contributed by atoms with van der Waals surface area (Å²) in [6, 6.07) is -1.02. The van der Waals surface area contributed by atoms with Crippen LogP contribution in [0.1, 0.15) is 142 Å². The summed E-state index contributed by atoms with van der Waals surface area (Å²) >= 11 is 0. The first-order valence-electron chi connectivity index (χ1n) is 17.5. The van der Waals surface area contributed by atoms with Crippen LogP contribution in [-0.2, 0) is 18.4 Å². The number of aliphatic hydroxyl groups is 6. The fourth-order valence-corrected chi connectivity index (χ4v) is 6.64. The number of hydrogen-bond donors (Lipinski definition) is 8. The average Bonchev–Trinajstić information content (AvgIpc) is 3.01. The zero-order valence-corrected chi connectivity index (χ0v) is 28.6. The van der Waals surface area contributed by atoms with E-state index in [1.165, 1.54) is 57.8 Å². The normalized spacial score (nSPS) is 26.3. The van der Waals surface area contributed by atoms with Gasteiger partial charge in [0, 0.05) is 6.42 Å². The molecule has 1 aliphatic carbocycles. The summed E-state index contributed by atoms with van der Waals surface area (Å²) in [5, 5.41) is 63.4. The molecule has 13 heteroatoms. The van der Waals surface area contributed by atoms with Gasteiger partial charge in [-0.2, -0.15) is 0 Å². The van der Waals surface area contributed by atoms with E-state index in [1.807, 2.05) is 0 Å². The van der Waals surface area contributed by atoms with E-state index in [0.717, 1.165) is 44.9 Å². The highest BCUT2D eigenvalue weighted by molar-refractivity contribution is 7.47. The summed E-state index contributed by atoms with van der Waals surface area (Å²) < 4.78 is 22.7. The van der Waals surface area contributed by atoms with Crippen LogP contribution in [-0.4, -0.2) is 96.8 Å². The highest BCUT2D eigenvalue weighted by Gasteiger charge is 2.51. The van der Waals surface area contributed by atoms with E-state index in [-0.39, 0.29) is 12.3 Å². The van der Waals surface area contributed by atoms with Crippen molar-refractivity contribution in [3.05, 3.63) is 0 Å². The summed E-state index contributed by atoms with van der Waals surface area (Å²) in [4.78, 5) is 23.0. The number of hydrogen-bond acceptors (Lipinski definition) is 10. The van der Waals surface area contributed by atoms with Crippen LogP contribution in [0.25, 0.3) is 0 Å². The van der Waals surface area contributed by atoms with E-state index < -0.39 is 63.2 Å².